The second-order valence-electron chi connectivity index (χ2n) is 4.18. The van der Waals surface area contributed by atoms with Crippen LogP contribution in [-0.2, 0) is 16.6 Å². The fourth-order valence-electron chi connectivity index (χ4n) is 1.66. The zero-order valence-electron chi connectivity index (χ0n) is 10.6. The van der Waals surface area contributed by atoms with Gasteiger partial charge in [-0.1, -0.05) is 23.7 Å². The molecule has 7 heteroatoms. The molecule has 0 aliphatic heterocycles. The maximum Gasteiger partial charge on any atom is 0.246 e. The van der Waals surface area contributed by atoms with Crippen molar-refractivity contribution in [2.75, 3.05) is 7.05 Å². The number of pyridine rings is 1. The molecule has 0 saturated heterocycles. The van der Waals surface area contributed by atoms with Gasteiger partial charge in [-0.2, -0.15) is 4.31 Å². The maximum absolute atomic E-state index is 12.8. The van der Waals surface area contributed by atoms with Crippen LogP contribution in [0.3, 0.4) is 0 Å². The van der Waals surface area contributed by atoms with Crippen LogP contribution in [0.25, 0.3) is 0 Å². The number of hydrogen-bond acceptors (Lipinski definition) is 3. The first kappa shape index (κ1) is 14.9. The van der Waals surface area contributed by atoms with E-state index in [1.807, 2.05) is 0 Å². The summed E-state index contributed by atoms with van der Waals surface area (Å²) in [4.78, 5) is 3.71. The maximum atomic E-state index is 12.8. The highest BCUT2D eigenvalue weighted by Crippen LogP contribution is 2.22. The molecule has 1 aromatic heterocycles. The molecule has 0 bridgehead atoms. The van der Waals surface area contributed by atoms with E-state index in [0.29, 0.717) is 5.56 Å². The molecule has 4 nitrogen and oxygen atoms in total. The van der Waals surface area contributed by atoms with Crippen LogP contribution in [0.1, 0.15) is 5.56 Å². The standard InChI is InChI=1S/C13H12ClFN2O2S/c1-17(9-10-4-6-11(15)7-5-10)20(18,19)12-3-2-8-16-13(12)14/h2-8H,9H2,1H3. The largest absolute Gasteiger partial charge is 0.246 e. The highest BCUT2D eigenvalue weighted by atomic mass is 35.5. The molecule has 0 unspecified atom stereocenters. The van der Waals surface area contributed by atoms with Gasteiger partial charge in [-0.15, -0.1) is 0 Å². The Balaban J connectivity index is 2.26. The fraction of sp³-hybridized carbons (Fsp3) is 0.154. The van der Waals surface area contributed by atoms with Crippen LogP contribution in [0.5, 0.6) is 0 Å². The summed E-state index contributed by atoms with van der Waals surface area (Å²) in [7, 11) is -2.30. The van der Waals surface area contributed by atoms with Gasteiger partial charge in [-0.3, -0.25) is 0 Å². The van der Waals surface area contributed by atoms with Crippen molar-refractivity contribution in [2.24, 2.45) is 0 Å². The third-order valence-corrected chi connectivity index (χ3v) is 4.98. The average molecular weight is 315 g/mol. The lowest BCUT2D eigenvalue weighted by Gasteiger charge is -2.17. The minimum atomic E-state index is -3.73. The molecule has 0 fully saturated rings. The molecule has 1 aromatic carbocycles. The fourth-order valence-corrected chi connectivity index (χ4v) is 3.25. The summed E-state index contributed by atoms with van der Waals surface area (Å²) in [5, 5.41) is -0.0709. The molecule has 106 valence electrons. The van der Waals surface area contributed by atoms with Crippen molar-refractivity contribution in [3.63, 3.8) is 0 Å². The summed E-state index contributed by atoms with van der Waals surface area (Å²) in [6, 6.07) is 8.54. The van der Waals surface area contributed by atoms with Crippen LogP contribution in [0.2, 0.25) is 5.15 Å². The Morgan fingerprint density at radius 1 is 1.25 bits per heavy atom. The van der Waals surface area contributed by atoms with Crippen LogP contribution in [0, 0.1) is 5.82 Å². The smallest absolute Gasteiger partial charge is 0.243 e. The molecule has 0 saturated carbocycles. The monoisotopic (exact) mass is 314 g/mol. The Labute approximate surface area is 121 Å². The molecule has 0 radical (unpaired) electrons. The number of benzene rings is 1. The van der Waals surface area contributed by atoms with E-state index in [0.717, 1.165) is 4.31 Å². The highest BCUT2D eigenvalue weighted by Gasteiger charge is 2.24. The summed E-state index contributed by atoms with van der Waals surface area (Å²) in [5.41, 5.74) is 0.678. The SMILES string of the molecule is CN(Cc1ccc(F)cc1)S(=O)(=O)c1cccnc1Cl. The summed E-state index contributed by atoms with van der Waals surface area (Å²) in [5.74, 6) is -0.366. The Bertz CT molecular complexity index is 705. The van der Waals surface area contributed by atoms with Crippen molar-refractivity contribution < 1.29 is 12.8 Å². The summed E-state index contributed by atoms with van der Waals surface area (Å²) >= 11 is 5.81. The molecule has 0 N–H and O–H groups in total. The molecule has 0 atom stereocenters. The van der Waals surface area contributed by atoms with E-state index in [1.165, 1.54) is 49.6 Å². The van der Waals surface area contributed by atoms with Crippen molar-refractivity contribution in [3.05, 3.63) is 59.1 Å². The molecule has 0 amide bonds. The first-order valence-electron chi connectivity index (χ1n) is 5.72. The van der Waals surface area contributed by atoms with E-state index in [2.05, 4.69) is 4.98 Å². The van der Waals surface area contributed by atoms with Gasteiger partial charge in [0.2, 0.25) is 10.0 Å². The molecule has 0 aliphatic rings. The number of sulfonamides is 1. The molecular weight excluding hydrogens is 303 g/mol. The Morgan fingerprint density at radius 3 is 2.50 bits per heavy atom. The van der Waals surface area contributed by atoms with Crippen molar-refractivity contribution in [1.82, 2.24) is 9.29 Å². The van der Waals surface area contributed by atoms with Crippen molar-refractivity contribution in [1.29, 1.82) is 0 Å². The van der Waals surface area contributed by atoms with Crippen LogP contribution in [0.4, 0.5) is 4.39 Å². The quantitative estimate of drug-likeness (QED) is 0.815. The van der Waals surface area contributed by atoms with Crippen LogP contribution in [-0.4, -0.2) is 24.8 Å². The first-order chi connectivity index (χ1) is 9.41. The molecule has 2 rings (SSSR count). The highest BCUT2D eigenvalue weighted by molar-refractivity contribution is 7.89. The Kier molecular flexibility index (Phi) is 4.37. The molecular formula is C13H12ClFN2O2S. The minimum Gasteiger partial charge on any atom is -0.243 e. The summed E-state index contributed by atoms with van der Waals surface area (Å²) in [6.45, 7) is 0.119. The van der Waals surface area contributed by atoms with Crippen LogP contribution in [0.15, 0.2) is 47.5 Å². The van der Waals surface area contributed by atoms with Gasteiger partial charge in [0.15, 0.2) is 0 Å². The second kappa shape index (κ2) is 5.87. The number of rotatable bonds is 4. The van der Waals surface area contributed by atoms with Gasteiger partial charge in [0.1, 0.15) is 15.9 Å². The number of hydrogen-bond donors (Lipinski definition) is 0. The molecule has 20 heavy (non-hydrogen) atoms. The third kappa shape index (κ3) is 3.15. The Morgan fingerprint density at radius 2 is 1.90 bits per heavy atom. The summed E-state index contributed by atoms with van der Waals surface area (Å²) < 4.78 is 38.7. The van der Waals surface area contributed by atoms with E-state index in [4.69, 9.17) is 11.6 Å². The number of halogens is 2. The lowest BCUT2D eigenvalue weighted by Crippen LogP contribution is -2.26. The van der Waals surface area contributed by atoms with E-state index in [9.17, 15) is 12.8 Å². The molecule has 2 aromatic rings. The minimum absolute atomic E-state index is 0.0497. The Hall–Kier alpha value is -1.50. The van der Waals surface area contributed by atoms with Crippen LogP contribution >= 0.6 is 11.6 Å². The first-order valence-corrected chi connectivity index (χ1v) is 7.54. The lowest BCUT2D eigenvalue weighted by molar-refractivity contribution is 0.466. The molecule has 0 spiro atoms. The predicted molar refractivity (Wildman–Crippen MR) is 74.3 cm³/mol. The lowest BCUT2D eigenvalue weighted by atomic mass is 10.2. The number of nitrogens with zero attached hydrogens (tertiary/aromatic N) is 2. The second-order valence-corrected chi connectivity index (χ2v) is 6.55. The van der Waals surface area contributed by atoms with Gasteiger partial charge in [-0.05, 0) is 29.8 Å². The van der Waals surface area contributed by atoms with Crippen molar-refractivity contribution in [2.45, 2.75) is 11.4 Å². The van der Waals surface area contributed by atoms with Gasteiger partial charge in [0, 0.05) is 19.8 Å². The van der Waals surface area contributed by atoms with E-state index >= 15 is 0 Å². The van der Waals surface area contributed by atoms with Gasteiger partial charge < -0.3 is 0 Å². The molecule has 1 heterocycles. The van der Waals surface area contributed by atoms with E-state index in [1.54, 1.807) is 0 Å². The van der Waals surface area contributed by atoms with Crippen LogP contribution < -0.4 is 0 Å². The molecule has 0 aliphatic carbocycles. The van der Waals surface area contributed by atoms with Crippen molar-refractivity contribution >= 4 is 21.6 Å². The topological polar surface area (TPSA) is 50.3 Å². The van der Waals surface area contributed by atoms with E-state index in [-0.39, 0.29) is 22.4 Å². The van der Waals surface area contributed by atoms with Gasteiger partial charge in [0.05, 0.1) is 0 Å². The van der Waals surface area contributed by atoms with Crippen molar-refractivity contribution in [3.8, 4) is 0 Å². The van der Waals surface area contributed by atoms with Gasteiger partial charge >= 0.3 is 0 Å². The zero-order chi connectivity index (χ0) is 14.8. The normalized spacial score (nSPS) is 11.8. The average Bonchev–Trinajstić information content (AvgIpc) is 2.41. The zero-order valence-corrected chi connectivity index (χ0v) is 12.2. The van der Waals surface area contributed by atoms with Gasteiger partial charge in [-0.25, -0.2) is 17.8 Å². The third-order valence-electron chi connectivity index (χ3n) is 2.73. The summed E-state index contributed by atoms with van der Waals surface area (Å²) in [6.07, 6.45) is 1.42. The van der Waals surface area contributed by atoms with Gasteiger partial charge in [0.25, 0.3) is 0 Å². The predicted octanol–water partition coefficient (Wildman–Crippen LogP) is 2.69. The number of aromatic nitrogens is 1. The van der Waals surface area contributed by atoms with E-state index < -0.39 is 10.0 Å².